The zero-order chi connectivity index (χ0) is 4.28. The SMILES string of the molecule is C=C(C)SI. The van der Waals surface area contributed by atoms with Crippen molar-refractivity contribution in [2.24, 2.45) is 0 Å². The molecule has 0 aliphatic rings. The van der Waals surface area contributed by atoms with E-state index in [9.17, 15) is 0 Å². The minimum absolute atomic E-state index is 1.16. The third kappa shape index (κ3) is 4.82. The molecule has 0 aliphatic carbocycles. The highest BCUT2D eigenvalue weighted by molar-refractivity contribution is 14.2. The Labute approximate surface area is 48.6 Å². The standard InChI is InChI=1S/C3H5IS/c1-3(2)5-4/h1H2,2H3. The first kappa shape index (κ1) is 5.82. The van der Waals surface area contributed by atoms with Gasteiger partial charge in [-0.05, 0) is 11.8 Å². The second kappa shape index (κ2) is 3.03. The fourth-order valence-corrected chi connectivity index (χ4v) is 0. The highest BCUT2D eigenvalue weighted by atomic mass is 127. The third-order valence-electron chi connectivity index (χ3n) is 0.132. The Bertz CT molecular complexity index is 42.2. The van der Waals surface area contributed by atoms with E-state index in [0.29, 0.717) is 0 Å². The Morgan fingerprint density at radius 3 is 2.20 bits per heavy atom. The molecule has 0 aliphatic heterocycles. The quantitative estimate of drug-likeness (QED) is 0.586. The molecule has 2 heteroatoms. The molecule has 0 amide bonds. The summed E-state index contributed by atoms with van der Waals surface area (Å²) in [5, 5.41) is 0. The van der Waals surface area contributed by atoms with E-state index >= 15 is 0 Å². The molecule has 0 aromatic heterocycles. The van der Waals surface area contributed by atoms with Gasteiger partial charge in [0.05, 0.1) is 0 Å². The Kier molecular flexibility index (Phi) is 3.52. The van der Waals surface area contributed by atoms with Gasteiger partial charge >= 0.3 is 0 Å². The van der Waals surface area contributed by atoms with Gasteiger partial charge in [0.15, 0.2) is 0 Å². The molecular formula is C3H5IS. The number of hydrogen-bond acceptors (Lipinski definition) is 1. The molecule has 0 saturated heterocycles. The van der Waals surface area contributed by atoms with Crippen LogP contribution in [0.25, 0.3) is 0 Å². The van der Waals surface area contributed by atoms with Gasteiger partial charge in [0, 0.05) is 21.2 Å². The summed E-state index contributed by atoms with van der Waals surface area (Å²) in [6, 6.07) is 0. The van der Waals surface area contributed by atoms with E-state index in [2.05, 4.69) is 27.8 Å². The summed E-state index contributed by atoms with van der Waals surface area (Å²) in [5.74, 6) is 0. The Balaban J connectivity index is 2.85. The highest BCUT2D eigenvalue weighted by Crippen LogP contribution is 2.19. The van der Waals surface area contributed by atoms with Crippen LogP contribution in [0.3, 0.4) is 0 Å². The van der Waals surface area contributed by atoms with E-state index in [1.165, 1.54) is 0 Å². The monoisotopic (exact) mass is 200 g/mol. The van der Waals surface area contributed by atoms with Gasteiger partial charge in [-0.3, -0.25) is 0 Å². The first-order chi connectivity index (χ1) is 2.27. The van der Waals surface area contributed by atoms with Gasteiger partial charge in [0.2, 0.25) is 0 Å². The summed E-state index contributed by atoms with van der Waals surface area (Å²) in [6.45, 7) is 5.61. The molecule has 30 valence electrons. The van der Waals surface area contributed by atoms with E-state index < -0.39 is 0 Å². The van der Waals surface area contributed by atoms with Crippen LogP contribution in [0.15, 0.2) is 11.5 Å². The van der Waals surface area contributed by atoms with Crippen molar-refractivity contribution in [3.05, 3.63) is 11.5 Å². The number of halogens is 1. The first-order valence-electron chi connectivity index (χ1n) is 1.21. The van der Waals surface area contributed by atoms with Crippen LogP contribution < -0.4 is 0 Å². The minimum Gasteiger partial charge on any atom is -0.0890 e. The second-order valence-corrected chi connectivity index (χ2v) is 2.95. The van der Waals surface area contributed by atoms with Crippen molar-refractivity contribution in [1.29, 1.82) is 0 Å². The van der Waals surface area contributed by atoms with Crippen molar-refractivity contribution in [1.82, 2.24) is 0 Å². The van der Waals surface area contributed by atoms with Gasteiger partial charge in [0.25, 0.3) is 0 Å². The van der Waals surface area contributed by atoms with Crippen LogP contribution >= 0.6 is 30.1 Å². The van der Waals surface area contributed by atoms with Gasteiger partial charge in [-0.15, -0.1) is 0 Å². The average Bonchev–Trinajstić information content (AvgIpc) is 1.38. The molecular weight excluding hydrogens is 195 g/mol. The topological polar surface area (TPSA) is 0 Å². The number of hydrogen-bond donors (Lipinski definition) is 0. The highest BCUT2D eigenvalue weighted by Gasteiger charge is 1.70. The smallest absolute Gasteiger partial charge is 0.00103 e. The summed E-state index contributed by atoms with van der Waals surface area (Å²) < 4.78 is 0. The lowest BCUT2D eigenvalue weighted by Gasteiger charge is -1.77. The van der Waals surface area contributed by atoms with Crippen LogP contribution in [0.4, 0.5) is 0 Å². The molecule has 0 atom stereocenters. The normalized spacial score (nSPS) is 7.60. The molecule has 0 fully saturated rings. The van der Waals surface area contributed by atoms with Gasteiger partial charge in [0.1, 0.15) is 0 Å². The average molecular weight is 200 g/mol. The molecule has 0 N–H and O–H groups in total. The lowest BCUT2D eigenvalue weighted by molar-refractivity contribution is 1.74. The molecule has 0 unspecified atom stereocenters. The maximum atomic E-state index is 3.63. The molecule has 0 bridgehead atoms. The van der Waals surface area contributed by atoms with Gasteiger partial charge < -0.3 is 0 Å². The minimum atomic E-state index is 1.16. The molecule has 5 heavy (non-hydrogen) atoms. The summed E-state index contributed by atoms with van der Waals surface area (Å²) >= 11 is 2.19. The van der Waals surface area contributed by atoms with Crippen LogP contribution in [0, 0.1) is 0 Å². The van der Waals surface area contributed by atoms with E-state index in [1.807, 2.05) is 6.92 Å². The molecule has 0 saturated carbocycles. The summed E-state index contributed by atoms with van der Waals surface area (Å²) in [6.07, 6.45) is 0. The molecule has 0 spiro atoms. The molecule has 0 nitrogen and oxygen atoms in total. The largest absolute Gasteiger partial charge is 0.0890 e. The molecule has 0 aromatic carbocycles. The van der Waals surface area contributed by atoms with Crippen LogP contribution in [-0.4, -0.2) is 0 Å². The number of allylic oxidation sites excluding steroid dienone is 1. The van der Waals surface area contributed by atoms with E-state index in [-0.39, 0.29) is 0 Å². The first-order valence-corrected chi connectivity index (χ1v) is 4.57. The van der Waals surface area contributed by atoms with Crippen molar-refractivity contribution in [3.63, 3.8) is 0 Å². The lowest BCUT2D eigenvalue weighted by atomic mass is 10.8. The zero-order valence-corrected chi connectivity index (χ0v) is 5.97. The zero-order valence-electron chi connectivity index (χ0n) is 2.99. The van der Waals surface area contributed by atoms with Crippen molar-refractivity contribution in [2.45, 2.75) is 6.92 Å². The van der Waals surface area contributed by atoms with Crippen molar-refractivity contribution in [3.8, 4) is 0 Å². The summed E-state index contributed by atoms with van der Waals surface area (Å²) in [5.41, 5.74) is 0. The van der Waals surface area contributed by atoms with Crippen molar-refractivity contribution < 1.29 is 0 Å². The maximum Gasteiger partial charge on any atom is 0.00103 e. The molecule has 0 aromatic rings. The van der Waals surface area contributed by atoms with Crippen molar-refractivity contribution in [2.75, 3.05) is 0 Å². The fraction of sp³-hybridized carbons (Fsp3) is 0.333. The van der Waals surface area contributed by atoms with Gasteiger partial charge in [-0.2, -0.15) is 0 Å². The Morgan fingerprint density at radius 2 is 2.20 bits per heavy atom. The summed E-state index contributed by atoms with van der Waals surface area (Å²) in [7, 11) is 1.66. The molecule has 0 heterocycles. The predicted octanol–water partition coefficient (Wildman–Crippen LogP) is 2.60. The van der Waals surface area contributed by atoms with E-state index in [0.717, 1.165) is 4.91 Å². The van der Waals surface area contributed by atoms with E-state index in [4.69, 9.17) is 0 Å². The predicted molar refractivity (Wildman–Crippen MR) is 36.4 cm³/mol. The molecule has 0 radical (unpaired) electrons. The van der Waals surface area contributed by atoms with Crippen LogP contribution in [-0.2, 0) is 0 Å². The Morgan fingerprint density at radius 1 is 2.00 bits per heavy atom. The third-order valence-corrected chi connectivity index (χ3v) is 2.65. The van der Waals surface area contributed by atoms with Gasteiger partial charge in [-0.1, -0.05) is 15.5 Å². The van der Waals surface area contributed by atoms with Crippen LogP contribution in [0.5, 0.6) is 0 Å². The maximum absolute atomic E-state index is 3.63. The van der Waals surface area contributed by atoms with Crippen LogP contribution in [0.2, 0.25) is 0 Å². The molecule has 0 rings (SSSR count). The van der Waals surface area contributed by atoms with E-state index in [1.54, 1.807) is 8.93 Å². The van der Waals surface area contributed by atoms with Crippen molar-refractivity contribution >= 4 is 30.1 Å². The van der Waals surface area contributed by atoms with Gasteiger partial charge in [-0.25, -0.2) is 0 Å². The fourth-order valence-electron chi connectivity index (χ4n) is 0. The summed E-state index contributed by atoms with van der Waals surface area (Å²) in [4.78, 5) is 1.16. The van der Waals surface area contributed by atoms with Crippen LogP contribution in [0.1, 0.15) is 6.92 Å². The second-order valence-electron chi connectivity index (χ2n) is 0.779. The number of rotatable bonds is 1. The lowest BCUT2D eigenvalue weighted by Crippen LogP contribution is -1.42. The Hall–Kier alpha value is 0.820.